The molecule has 0 unspecified atom stereocenters. The maximum absolute atomic E-state index is 10.9. The highest BCUT2D eigenvalue weighted by atomic mass is 16.6. The standard InChI is InChI=1S/C9H10N2O5/c1-15-10-9(12)6-16-8-4-2-3-7(5-8)11(13)14/h2-5H,6H2,1H3,(H,10,12). The fraction of sp³-hybridized carbons (Fsp3) is 0.222. The quantitative estimate of drug-likeness (QED) is 0.588. The summed E-state index contributed by atoms with van der Waals surface area (Å²) < 4.78 is 5.01. The number of nitrogens with zero attached hydrogens (tertiary/aromatic N) is 1. The maximum Gasteiger partial charge on any atom is 0.281 e. The molecular weight excluding hydrogens is 216 g/mol. The van der Waals surface area contributed by atoms with Crippen LogP contribution in [0.5, 0.6) is 5.75 Å². The molecule has 7 nitrogen and oxygen atoms in total. The summed E-state index contributed by atoms with van der Waals surface area (Å²) in [5.74, 6) is -0.227. The van der Waals surface area contributed by atoms with Gasteiger partial charge in [0.15, 0.2) is 6.61 Å². The Morgan fingerprint density at radius 1 is 1.56 bits per heavy atom. The minimum absolute atomic E-state index is 0.0929. The zero-order chi connectivity index (χ0) is 12.0. The van der Waals surface area contributed by atoms with Gasteiger partial charge >= 0.3 is 0 Å². The van der Waals surface area contributed by atoms with Gasteiger partial charge in [-0.1, -0.05) is 6.07 Å². The number of carbonyl (C=O) groups is 1. The van der Waals surface area contributed by atoms with Gasteiger partial charge in [0, 0.05) is 6.07 Å². The molecule has 0 aliphatic heterocycles. The molecule has 0 aliphatic carbocycles. The second kappa shape index (κ2) is 5.66. The van der Waals surface area contributed by atoms with E-state index in [2.05, 4.69) is 10.3 Å². The number of hydrogen-bond donors (Lipinski definition) is 1. The van der Waals surface area contributed by atoms with E-state index in [4.69, 9.17) is 4.74 Å². The van der Waals surface area contributed by atoms with Crippen molar-refractivity contribution in [2.45, 2.75) is 0 Å². The highest BCUT2D eigenvalue weighted by Gasteiger charge is 2.07. The van der Waals surface area contributed by atoms with E-state index in [-0.39, 0.29) is 18.0 Å². The average Bonchev–Trinajstić information content (AvgIpc) is 2.27. The number of nitro groups is 1. The van der Waals surface area contributed by atoms with Gasteiger partial charge in [0.25, 0.3) is 11.6 Å². The third kappa shape index (κ3) is 3.54. The summed E-state index contributed by atoms with van der Waals surface area (Å²) in [5.41, 5.74) is 1.96. The van der Waals surface area contributed by atoms with Crippen LogP contribution in [0.3, 0.4) is 0 Å². The zero-order valence-electron chi connectivity index (χ0n) is 8.50. The normalized spacial score (nSPS) is 9.56. The lowest BCUT2D eigenvalue weighted by atomic mass is 10.3. The molecule has 0 aromatic heterocycles. The molecule has 0 radical (unpaired) electrons. The first-order valence-corrected chi connectivity index (χ1v) is 4.32. The van der Waals surface area contributed by atoms with Gasteiger partial charge in [-0.15, -0.1) is 0 Å². The second-order valence-electron chi connectivity index (χ2n) is 2.77. The first-order valence-electron chi connectivity index (χ1n) is 4.32. The summed E-state index contributed by atoms with van der Waals surface area (Å²) >= 11 is 0. The van der Waals surface area contributed by atoms with E-state index in [1.807, 2.05) is 0 Å². The molecule has 16 heavy (non-hydrogen) atoms. The summed E-state index contributed by atoms with van der Waals surface area (Å²) in [6.07, 6.45) is 0. The van der Waals surface area contributed by atoms with Crippen LogP contribution in [0.2, 0.25) is 0 Å². The number of amides is 1. The van der Waals surface area contributed by atoms with Crippen molar-refractivity contribution >= 4 is 11.6 Å². The number of nitrogens with one attached hydrogen (secondary N) is 1. The molecule has 0 bridgehead atoms. The number of carbonyl (C=O) groups excluding carboxylic acids is 1. The van der Waals surface area contributed by atoms with E-state index >= 15 is 0 Å². The molecule has 0 saturated heterocycles. The van der Waals surface area contributed by atoms with Crippen molar-refractivity contribution in [2.24, 2.45) is 0 Å². The molecule has 1 N–H and O–H groups in total. The van der Waals surface area contributed by atoms with Crippen molar-refractivity contribution in [3.05, 3.63) is 34.4 Å². The first kappa shape index (κ1) is 11.9. The Morgan fingerprint density at radius 3 is 2.94 bits per heavy atom. The number of non-ortho nitro benzene ring substituents is 1. The number of ether oxygens (including phenoxy) is 1. The van der Waals surface area contributed by atoms with Gasteiger partial charge in [0.1, 0.15) is 5.75 Å². The first-order chi connectivity index (χ1) is 7.63. The third-order valence-corrected chi connectivity index (χ3v) is 1.61. The Bertz CT molecular complexity index is 393. The van der Waals surface area contributed by atoms with Gasteiger partial charge in [-0.2, -0.15) is 0 Å². The number of benzene rings is 1. The predicted octanol–water partition coefficient (Wildman–Crippen LogP) is 0.651. The summed E-state index contributed by atoms with van der Waals surface area (Å²) in [6, 6.07) is 5.57. The molecule has 1 rings (SSSR count). The van der Waals surface area contributed by atoms with Crippen molar-refractivity contribution in [3.63, 3.8) is 0 Å². The van der Waals surface area contributed by atoms with Crippen LogP contribution >= 0.6 is 0 Å². The lowest BCUT2D eigenvalue weighted by Gasteiger charge is -2.05. The van der Waals surface area contributed by atoms with E-state index in [1.54, 1.807) is 0 Å². The molecule has 0 atom stereocenters. The summed E-state index contributed by atoms with van der Waals surface area (Å²) in [7, 11) is 1.30. The summed E-state index contributed by atoms with van der Waals surface area (Å²) in [4.78, 5) is 25.2. The molecule has 0 fully saturated rings. The van der Waals surface area contributed by atoms with Crippen LogP contribution in [0.15, 0.2) is 24.3 Å². The minimum Gasteiger partial charge on any atom is -0.483 e. The molecular formula is C9H10N2O5. The minimum atomic E-state index is -0.540. The smallest absolute Gasteiger partial charge is 0.281 e. The maximum atomic E-state index is 10.9. The van der Waals surface area contributed by atoms with E-state index in [0.29, 0.717) is 0 Å². The number of hydroxylamine groups is 1. The van der Waals surface area contributed by atoms with Crippen LogP contribution in [-0.4, -0.2) is 24.5 Å². The summed E-state index contributed by atoms with van der Waals surface area (Å²) in [5, 5.41) is 10.4. The van der Waals surface area contributed by atoms with Crippen molar-refractivity contribution in [2.75, 3.05) is 13.7 Å². The van der Waals surface area contributed by atoms with E-state index in [9.17, 15) is 14.9 Å². The molecule has 86 valence electrons. The van der Waals surface area contributed by atoms with Crippen molar-refractivity contribution in [1.29, 1.82) is 0 Å². The molecule has 7 heteroatoms. The Hall–Kier alpha value is -2.15. The van der Waals surface area contributed by atoms with Crippen molar-refractivity contribution in [1.82, 2.24) is 5.48 Å². The molecule has 1 amide bonds. The topological polar surface area (TPSA) is 90.7 Å². The largest absolute Gasteiger partial charge is 0.483 e. The van der Waals surface area contributed by atoms with Crippen LogP contribution in [-0.2, 0) is 9.63 Å². The average molecular weight is 226 g/mol. The predicted molar refractivity (Wildman–Crippen MR) is 53.7 cm³/mol. The fourth-order valence-electron chi connectivity index (χ4n) is 0.979. The van der Waals surface area contributed by atoms with Gasteiger partial charge in [-0.3, -0.25) is 19.7 Å². The Balaban J connectivity index is 2.57. The number of nitro benzene ring substituents is 1. The van der Waals surface area contributed by atoms with Gasteiger partial charge in [-0.25, -0.2) is 5.48 Å². The van der Waals surface area contributed by atoms with Gasteiger partial charge in [0.05, 0.1) is 18.1 Å². The van der Waals surface area contributed by atoms with Crippen LogP contribution in [0.25, 0.3) is 0 Å². The summed E-state index contributed by atoms with van der Waals surface area (Å²) in [6.45, 7) is -0.269. The lowest BCUT2D eigenvalue weighted by molar-refractivity contribution is -0.384. The molecule has 1 aromatic rings. The molecule has 0 heterocycles. The van der Waals surface area contributed by atoms with Crippen molar-refractivity contribution in [3.8, 4) is 5.75 Å². The Morgan fingerprint density at radius 2 is 2.31 bits per heavy atom. The molecule has 0 spiro atoms. The van der Waals surface area contributed by atoms with E-state index < -0.39 is 10.8 Å². The second-order valence-corrected chi connectivity index (χ2v) is 2.77. The van der Waals surface area contributed by atoms with Gasteiger partial charge in [-0.05, 0) is 6.07 Å². The van der Waals surface area contributed by atoms with Crippen LogP contribution in [0.1, 0.15) is 0 Å². The van der Waals surface area contributed by atoms with Crippen molar-refractivity contribution < 1.29 is 19.3 Å². The number of rotatable bonds is 5. The molecule has 0 aliphatic rings. The third-order valence-electron chi connectivity index (χ3n) is 1.61. The van der Waals surface area contributed by atoms with E-state index in [1.165, 1.54) is 31.4 Å². The fourth-order valence-corrected chi connectivity index (χ4v) is 0.979. The zero-order valence-corrected chi connectivity index (χ0v) is 8.50. The Kier molecular flexibility index (Phi) is 4.22. The molecule has 1 aromatic carbocycles. The monoisotopic (exact) mass is 226 g/mol. The van der Waals surface area contributed by atoms with Crippen LogP contribution in [0, 0.1) is 10.1 Å². The van der Waals surface area contributed by atoms with E-state index in [0.717, 1.165) is 0 Å². The molecule has 0 saturated carbocycles. The SMILES string of the molecule is CONC(=O)COc1cccc([N+](=O)[O-])c1. The lowest BCUT2D eigenvalue weighted by Crippen LogP contribution is -2.27. The number of hydrogen-bond acceptors (Lipinski definition) is 5. The highest BCUT2D eigenvalue weighted by Crippen LogP contribution is 2.18. The van der Waals surface area contributed by atoms with Gasteiger partial charge < -0.3 is 4.74 Å². The Labute approximate surface area is 91.1 Å². The van der Waals surface area contributed by atoms with Gasteiger partial charge in [0.2, 0.25) is 0 Å². The van der Waals surface area contributed by atoms with Crippen LogP contribution < -0.4 is 10.2 Å². The highest BCUT2D eigenvalue weighted by molar-refractivity contribution is 5.76. The van der Waals surface area contributed by atoms with Crippen LogP contribution in [0.4, 0.5) is 5.69 Å².